The second-order valence-electron chi connectivity index (χ2n) is 3.63. The van der Waals surface area contributed by atoms with Crippen LogP contribution in [0.5, 0.6) is 5.75 Å². The molecule has 0 aromatic heterocycles. The van der Waals surface area contributed by atoms with Crippen molar-refractivity contribution in [2.24, 2.45) is 0 Å². The number of amides is 1. The Labute approximate surface area is 112 Å². The molecule has 1 unspecified atom stereocenters. The standard InChI is InChI=1S/C11H10ClNO6/c12-6-3-5(1-2-8(6)14)10(17)13-7(11(18)19)4-9(15)16/h1-3,7,14H,4H2,(H,13,17)(H,15,16)(H,18,19). The lowest BCUT2D eigenvalue weighted by molar-refractivity contribution is -0.145. The van der Waals surface area contributed by atoms with Crippen LogP contribution >= 0.6 is 11.6 Å². The highest BCUT2D eigenvalue weighted by Gasteiger charge is 2.23. The summed E-state index contributed by atoms with van der Waals surface area (Å²) in [5, 5.41) is 28.5. The van der Waals surface area contributed by atoms with E-state index < -0.39 is 30.3 Å². The zero-order chi connectivity index (χ0) is 14.6. The van der Waals surface area contributed by atoms with E-state index in [1.807, 2.05) is 0 Å². The molecule has 4 N–H and O–H groups in total. The minimum Gasteiger partial charge on any atom is -0.506 e. The maximum absolute atomic E-state index is 11.7. The number of phenolic OH excluding ortho intramolecular Hbond substituents is 1. The molecule has 8 heteroatoms. The van der Waals surface area contributed by atoms with Crippen LogP contribution in [-0.2, 0) is 9.59 Å². The number of hydrogen-bond acceptors (Lipinski definition) is 4. The number of phenols is 1. The van der Waals surface area contributed by atoms with Crippen LogP contribution in [0.4, 0.5) is 0 Å². The number of aliphatic carboxylic acids is 2. The van der Waals surface area contributed by atoms with Gasteiger partial charge in [-0.15, -0.1) is 0 Å². The third-order valence-electron chi connectivity index (χ3n) is 2.19. The Morgan fingerprint density at radius 3 is 2.37 bits per heavy atom. The molecule has 19 heavy (non-hydrogen) atoms. The van der Waals surface area contributed by atoms with Crippen molar-refractivity contribution in [2.75, 3.05) is 0 Å². The number of carbonyl (C=O) groups excluding carboxylic acids is 1. The molecular formula is C11H10ClNO6. The van der Waals surface area contributed by atoms with Gasteiger partial charge in [-0.25, -0.2) is 4.79 Å². The fourth-order valence-electron chi connectivity index (χ4n) is 1.26. The summed E-state index contributed by atoms with van der Waals surface area (Å²) in [6.07, 6.45) is -0.743. The average molecular weight is 288 g/mol. The monoisotopic (exact) mass is 287 g/mol. The second-order valence-corrected chi connectivity index (χ2v) is 4.04. The number of carboxylic acids is 2. The van der Waals surface area contributed by atoms with Crippen LogP contribution in [0, 0.1) is 0 Å². The number of halogens is 1. The summed E-state index contributed by atoms with van der Waals surface area (Å²) in [6.45, 7) is 0. The van der Waals surface area contributed by atoms with Crippen LogP contribution < -0.4 is 5.32 Å². The molecule has 0 heterocycles. The van der Waals surface area contributed by atoms with Gasteiger partial charge in [0.25, 0.3) is 5.91 Å². The van der Waals surface area contributed by atoms with Gasteiger partial charge in [0.15, 0.2) is 0 Å². The first kappa shape index (κ1) is 14.8. The van der Waals surface area contributed by atoms with Crippen molar-refractivity contribution in [3.05, 3.63) is 28.8 Å². The Morgan fingerprint density at radius 1 is 1.26 bits per heavy atom. The number of carbonyl (C=O) groups is 3. The molecule has 7 nitrogen and oxygen atoms in total. The van der Waals surface area contributed by atoms with Gasteiger partial charge in [0.1, 0.15) is 11.8 Å². The number of rotatable bonds is 5. The molecular weight excluding hydrogens is 278 g/mol. The van der Waals surface area contributed by atoms with Gasteiger partial charge in [-0.1, -0.05) is 11.6 Å². The Morgan fingerprint density at radius 2 is 1.89 bits per heavy atom. The van der Waals surface area contributed by atoms with E-state index in [1.165, 1.54) is 12.1 Å². The number of benzene rings is 1. The van der Waals surface area contributed by atoms with Crippen LogP contribution in [-0.4, -0.2) is 39.2 Å². The molecule has 0 radical (unpaired) electrons. The van der Waals surface area contributed by atoms with Gasteiger partial charge in [0.2, 0.25) is 0 Å². The normalized spacial score (nSPS) is 11.6. The van der Waals surface area contributed by atoms with E-state index >= 15 is 0 Å². The summed E-state index contributed by atoms with van der Waals surface area (Å²) in [5.74, 6) is -3.83. The minimum atomic E-state index is -1.54. The Hall–Kier alpha value is -2.28. The molecule has 0 aliphatic carbocycles. The minimum absolute atomic E-state index is 0.0134. The second kappa shape index (κ2) is 6.05. The molecule has 0 aliphatic rings. The van der Waals surface area contributed by atoms with Gasteiger partial charge in [0.05, 0.1) is 11.4 Å². The number of aromatic hydroxyl groups is 1. The van der Waals surface area contributed by atoms with Crippen molar-refractivity contribution in [1.29, 1.82) is 0 Å². The molecule has 0 bridgehead atoms. The fourth-order valence-corrected chi connectivity index (χ4v) is 1.44. The number of carboxylic acid groups (broad SMARTS) is 2. The largest absolute Gasteiger partial charge is 0.506 e. The molecule has 0 saturated heterocycles. The lowest BCUT2D eigenvalue weighted by Crippen LogP contribution is -2.42. The van der Waals surface area contributed by atoms with Crippen molar-refractivity contribution in [3.8, 4) is 5.75 Å². The first-order valence-electron chi connectivity index (χ1n) is 5.05. The molecule has 0 fully saturated rings. The van der Waals surface area contributed by atoms with E-state index in [2.05, 4.69) is 5.32 Å². The summed E-state index contributed by atoms with van der Waals surface area (Å²) in [7, 11) is 0. The van der Waals surface area contributed by atoms with Crippen molar-refractivity contribution in [3.63, 3.8) is 0 Å². The Kier molecular flexibility index (Phi) is 4.71. The Balaban J connectivity index is 2.84. The topological polar surface area (TPSA) is 124 Å². The van der Waals surface area contributed by atoms with Crippen LogP contribution in [0.3, 0.4) is 0 Å². The van der Waals surface area contributed by atoms with Crippen LogP contribution in [0.15, 0.2) is 18.2 Å². The van der Waals surface area contributed by atoms with Crippen LogP contribution in [0.2, 0.25) is 5.02 Å². The molecule has 0 saturated carbocycles. The average Bonchev–Trinajstić information content (AvgIpc) is 2.31. The zero-order valence-corrected chi connectivity index (χ0v) is 10.2. The van der Waals surface area contributed by atoms with Crippen LogP contribution in [0.25, 0.3) is 0 Å². The molecule has 1 atom stereocenters. The predicted octanol–water partition coefficient (Wildman–Crippen LogP) is 0.703. The highest BCUT2D eigenvalue weighted by Crippen LogP contribution is 2.23. The first-order valence-corrected chi connectivity index (χ1v) is 5.43. The molecule has 0 aliphatic heterocycles. The quantitative estimate of drug-likeness (QED) is 0.632. The molecule has 102 valence electrons. The lowest BCUT2D eigenvalue weighted by atomic mass is 10.1. The number of nitrogens with one attached hydrogen (secondary N) is 1. The fraction of sp³-hybridized carbons (Fsp3) is 0.182. The maximum Gasteiger partial charge on any atom is 0.326 e. The third-order valence-corrected chi connectivity index (χ3v) is 2.49. The van der Waals surface area contributed by atoms with E-state index in [4.69, 9.17) is 21.8 Å². The highest BCUT2D eigenvalue weighted by molar-refractivity contribution is 6.32. The first-order chi connectivity index (χ1) is 8.81. The summed E-state index contributed by atoms with van der Waals surface area (Å²) < 4.78 is 0. The summed E-state index contributed by atoms with van der Waals surface area (Å²) in [4.78, 5) is 32.9. The predicted molar refractivity (Wildman–Crippen MR) is 64.3 cm³/mol. The van der Waals surface area contributed by atoms with Gasteiger partial charge >= 0.3 is 11.9 Å². The zero-order valence-electron chi connectivity index (χ0n) is 9.46. The maximum atomic E-state index is 11.7. The summed E-state index contributed by atoms with van der Waals surface area (Å²) in [5.41, 5.74) is 0.0134. The van der Waals surface area contributed by atoms with Gasteiger partial charge < -0.3 is 20.6 Å². The van der Waals surface area contributed by atoms with Gasteiger partial charge in [-0.05, 0) is 18.2 Å². The Bertz CT molecular complexity index is 530. The van der Waals surface area contributed by atoms with E-state index in [-0.39, 0.29) is 16.3 Å². The molecule has 1 aromatic carbocycles. The molecule has 1 aromatic rings. The van der Waals surface area contributed by atoms with Crippen LogP contribution in [0.1, 0.15) is 16.8 Å². The van der Waals surface area contributed by atoms with E-state index in [9.17, 15) is 19.5 Å². The van der Waals surface area contributed by atoms with Crippen molar-refractivity contribution >= 4 is 29.4 Å². The van der Waals surface area contributed by atoms with Crippen molar-refractivity contribution < 1.29 is 29.7 Å². The smallest absolute Gasteiger partial charge is 0.326 e. The van der Waals surface area contributed by atoms with E-state index in [1.54, 1.807) is 0 Å². The lowest BCUT2D eigenvalue weighted by Gasteiger charge is -2.12. The van der Waals surface area contributed by atoms with E-state index in [0.29, 0.717) is 0 Å². The van der Waals surface area contributed by atoms with Crippen molar-refractivity contribution in [2.45, 2.75) is 12.5 Å². The molecule has 1 rings (SSSR count). The van der Waals surface area contributed by atoms with Gasteiger partial charge in [-0.3, -0.25) is 9.59 Å². The molecule has 0 spiro atoms. The molecule has 1 amide bonds. The van der Waals surface area contributed by atoms with E-state index in [0.717, 1.165) is 6.07 Å². The van der Waals surface area contributed by atoms with Crippen molar-refractivity contribution in [1.82, 2.24) is 5.32 Å². The third kappa shape index (κ3) is 4.14. The summed E-state index contributed by atoms with van der Waals surface area (Å²) in [6, 6.07) is 2.00. The summed E-state index contributed by atoms with van der Waals surface area (Å²) >= 11 is 5.60. The van der Waals surface area contributed by atoms with Gasteiger partial charge in [-0.2, -0.15) is 0 Å². The highest BCUT2D eigenvalue weighted by atomic mass is 35.5. The number of hydrogen-bond donors (Lipinski definition) is 4. The SMILES string of the molecule is O=C(O)CC(NC(=O)c1ccc(O)c(Cl)c1)C(=O)O. The van der Waals surface area contributed by atoms with Gasteiger partial charge in [0, 0.05) is 5.56 Å².